The van der Waals surface area contributed by atoms with Crippen LogP contribution < -0.4 is 5.73 Å². The fraction of sp³-hybridized carbons (Fsp3) is 0.571. The van der Waals surface area contributed by atoms with Gasteiger partial charge in [0, 0.05) is 18.8 Å². The van der Waals surface area contributed by atoms with Gasteiger partial charge in [-0.05, 0) is 13.8 Å². The molecule has 0 saturated heterocycles. The topological polar surface area (TPSA) is 43.8 Å². The van der Waals surface area contributed by atoms with Gasteiger partial charge in [0.2, 0.25) is 0 Å². The molecule has 1 rings (SSSR count). The van der Waals surface area contributed by atoms with Gasteiger partial charge >= 0.3 is 0 Å². The Hall–Kier alpha value is -0.540. The molecule has 0 aliphatic rings. The van der Waals surface area contributed by atoms with Crippen molar-refractivity contribution in [2.24, 2.45) is 5.73 Å². The van der Waals surface area contributed by atoms with Crippen LogP contribution in [0.4, 0.5) is 0 Å². The molecule has 64 valence electrons. The average Bonchev–Trinajstić information content (AvgIpc) is 2.33. The number of nitrogens with two attached hydrogens (primary N) is 1. The molecule has 0 unspecified atom stereocenters. The Balaban J connectivity index is 0.000001000. The SMILES string of the molecule is CC(C)n1cncc1CN.Cl. The average molecular weight is 176 g/mol. The van der Waals surface area contributed by atoms with Crippen molar-refractivity contribution in [1.82, 2.24) is 9.55 Å². The maximum Gasteiger partial charge on any atom is 0.0951 e. The molecule has 3 nitrogen and oxygen atoms in total. The van der Waals surface area contributed by atoms with E-state index in [0.717, 1.165) is 5.69 Å². The van der Waals surface area contributed by atoms with E-state index in [-0.39, 0.29) is 12.4 Å². The Morgan fingerprint density at radius 3 is 2.64 bits per heavy atom. The summed E-state index contributed by atoms with van der Waals surface area (Å²) in [4.78, 5) is 4.00. The van der Waals surface area contributed by atoms with Crippen molar-refractivity contribution in [3.63, 3.8) is 0 Å². The third-order valence-corrected chi connectivity index (χ3v) is 1.51. The minimum absolute atomic E-state index is 0. The molecule has 1 aromatic rings. The van der Waals surface area contributed by atoms with Crippen LogP contribution in [0.15, 0.2) is 12.5 Å². The van der Waals surface area contributed by atoms with Crippen LogP contribution in [0.2, 0.25) is 0 Å². The maximum atomic E-state index is 5.47. The molecule has 0 fully saturated rings. The number of hydrogen-bond acceptors (Lipinski definition) is 2. The molecule has 0 spiro atoms. The zero-order valence-corrected chi connectivity index (χ0v) is 7.64. The second kappa shape index (κ2) is 4.36. The van der Waals surface area contributed by atoms with E-state index in [1.807, 2.05) is 6.33 Å². The van der Waals surface area contributed by atoms with Crippen LogP contribution in [0.25, 0.3) is 0 Å². The van der Waals surface area contributed by atoms with E-state index in [9.17, 15) is 0 Å². The van der Waals surface area contributed by atoms with E-state index < -0.39 is 0 Å². The predicted molar refractivity (Wildman–Crippen MR) is 47.8 cm³/mol. The van der Waals surface area contributed by atoms with Crippen molar-refractivity contribution in [2.45, 2.75) is 26.4 Å². The maximum absolute atomic E-state index is 5.47. The lowest BCUT2D eigenvalue weighted by Crippen LogP contribution is -2.07. The molecule has 0 amide bonds. The molecule has 1 heterocycles. The lowest BCUT2D eigenvalue weighted by atomic mass is 10.3. The van der Waals surface area contributed by atoms with Crippen LogP contribution in [0.5, 0.6) is 0 Å². The summed E-state index contributed by atoms with van der Waals surface area (Å²) < 4.78 is 2.07. The first-order chi connectivity index (χ1) is 4.75. The summed E-state index contributed by atoms with van der Waals surface area (Å²) in [6, 6.07) is 0.459. The number of halogens is 1. The van der Waals surface area contributed by atoms with Crippen LogP contribution in [-0.2, 0) is 6.54 Å². The summed E-state index contributed by atoms with van der Waals surface area (Å²) >= 11 is 0. The largest absolute Gasteiger partial charge is 0.331 e. The van der Waals surface area contributed by atoms with E-state index in [1.165, 1.54) is 0 Å². The Bertz CT molecular complexity index is 207. The Morgan fingerprint density at radius 1 is 1.64 bits per heavy atom. The molecule has 0 atom stereocenters. The highest BCUT2D eigenvalue weighted by atomic mass is 35.5. The van der Waals surface area contributed by atoms with Gasteiger partial charge in [-0.3, -0.25) is 0 Å². The predicted octanol–water partition coefficient (Wildman–Crippen LogP) is 1.34. The quantitative estimate of drug-likeness (QED) is 0.738. The minimum atomic E-state index is 0. The first kappa shape index (κ1) is 10.5. The molecule has 1 aromatic heterocycles. The van der Waals surface area contributed by atoms with Gasteiger partial charge in [-0.15, -0.1) is 12.4 Å². The van der Waals surface area contributed by atoms with Gasteiger partial charge in [0.25, 0.3) is 0 Å². The number of imidazole rings is 1. The Morgan fingerprint density at radius 2 is 2.27 bits per heavy atom. The number of rotatable bonds is 2. The standard InChI is InChI=1S/C7H13N3.ClH/c1-6(2)10-5-9-4-7(10)3-8;/h4-6H,3,8H2,1-2H3;1H. The van der Waals surface area contributed by atoms with Crippen molar-refractivity contribution in [1.29, 1.82) is 0 Å². The van der Waals surface area contributed by atoms with Gasteiger partial charge < -0.3 is 10.3 Å². The number of aromatic nitrogens is 2. The van der Waals surface area contributed by atoms with Gasteiger partial charge in [-0.1, -0.05) is 0 Å². The van der Waals surface area contributed by atoms with E-state index in [0.29, 0.717) is 12.6 Å². The zero-order valence-electron chi connectivity index (χ0n) is 6.82. The van der Waals surface area contributed by atoms with Gasteiger partial charge in [0.1, 0.15) is 0 Å². The molecular weight excluding hydrogens is 162 g/mol. The van der Waals surface area contributed by atoms with Crippen molar-refractivity contribution in [3.05, 3.63) is 18.2 Å². The normalized spacial score (nSPS) is 9.82. The first-order valence-electron chi connectivity index (χ1n) is 3.46. The second-order valence-corrected chi connectivity index (χ2v) is 2.59. The third kappa shape index (κ3) is 2.20. The monoisotopic (exact) mass is 175 g/mol. The lowest BCUT2D eigenvalue weighted by Gasteiger charge is -2.09. The summed E-state index contributed by atoms with van der Waals surface area (Å²) in [5.74, 6) is 0. The lowest BCUT2D eigenvalue weighted by molar-refractivity contribution is 0.574. The van der Waals surface area contributed by atoms with Crippen molar-refractivity contribution in [2.75, 3.05) is 0 Å². The zero-order chi connectivity index (χ0) is 7.56. The van der Waals surface area contributed by atoms with E-state index in [4.69, 9.17) is 5.73 Å². The summed E-state index contributed by atoms with van der Waals surface area (Å²) in [7, 11) is 0. The van der Waals surface area contributed by atoms with Gasteiger partial charge in [0.15, 0.2) is 0 Å². The molecule has 4 heteroatoms. The first-order valence-corrected chi connectivity index (χ1v) is 3.46. The molecule has 0 aliphatic carbocycles. The smallest absolute Gasteiger partial charge is 0.0951 e. The van der Waals surface area contributed by atoms with Crippen molar-refractivity contribution in [3.8, 4) is 0 Å². The highest BCUT2D eigenvalue weighted by Gasteiger charge is 2.01. The number of nitrogens with zero attached hydrogens (tertiary/aromatic N) is 2. The molecule has 0 bridgehead atoms. The highest BCUT2D eigenvalue weighted by molar-refractivity contribution is 5.85. The molecule has 2 N–H and O–H groups in total. The summed E-state index contributed by atoms with van der Waals surface area (Å²) in [5, 5.41) is 0. The number of hydrogen-bond donors (Lipinski definition) is 1. The fourth-order valence-electron chi connectivity index (χ4n) is 0.955. The van der Waals surface area contributed by atoms with Crippen LogP contribution in [-0.4, -0.2) is 9.55 Å². The van der Waals surface area contributed by atoms with Crippen molar-refractivity contribution < 1.29 is 0 Å². The van der Waals surface area contributed by atoms with Crippen LogP contribution in [0.1, 0.15) is 25.6 Å². The van der Waals surface area contributed by atoms with E-state index in [2.05, 4.69) is 23.4 Å². The van der Waals surface area contributed by atoms with Crippen LogP contribution in [0.3, 0.4) is 0 Å². The Labute approximate surface area is 73.0 Å². The third-order valence-electron chi connectivity index (χ3n) is 1.51. The van der Waals surface area contributed by atoms with Gasteiger partial charge in [-0.2, -0.15) is 0 Å². The molecular formula is C7H14ClN3. The Kier molecular flexibility index (Phi) is 4.15. The molecule has 0 radical (unpaired) electrons. The molecule has 0 aromatic carbocycles. The summed E-state index contributed by atoms with van der Waals surface area (Å²) in [6.07, 6.45) is 3.62. The highest BCUT2D eigenvalue weighted by Crippen LogP contribution is 2.06. The minimum Gasteiger partial charge on any atom is -0.331 e. The van der Waals surface area contributed by atoms with Gasteiger partial charge in [0.05, 0.1) is 12.0 Å². The van der Waals surface area contributed by atoms with Crippen molar-refractivity contribution >= 4 is 12.4 Å². The summed E-state index contributed by atoms with van der Waals surface area (Å²) in [6.45, 7) is 4.79. The van der Waals surface area contributed by atoms with E-state index >= 15 is 0 Å². The second-order valence-electron chi connectivity index (χ2n) is 2.59. The summed E-state index contributed by atoms with van der Waals surface area (Å²) in [5.41, 5.74) is 6.56. The van der Waals surface area contributed by atoms with Gasteiger partial charge in [-0.25, -0.2) is 4.98 Å². The van der Waals surface area contributed by atoms with Crippen LogP contribution >= 0.6 is 12.4 Å². The van der Waals surface area contributed by atoms with Crippen LogP contribution in [0, 0.1) is 0 Å². The molecule has 11 heavy (non-hydrogen) atoms. The van der Waals surface area contributed by atoms with E-state index in [1.54, 1.807) is 6.20 Å². The molecule has 0 aliphatic heterocycles. The fourth-order valence-corrected chi connectivity index (χ4v) is 0.955. The molecule has 0 saturated carbocycles.